The number of carbonyl (C=O) groups is 1. The van der Waals surface area contributed by atoms with Crippen molar-refractivity contribution in [2.24, 2.45) is 0 Å². The lowest BCUT2D eigenvalue weighted by molar-refractivity contribution is -0.121. The molecule has 0 aliphatic carbocycles. The first-order chi connectivity index (χ1) is 9.32. The summed E-state index contributed by atoms with van der Waals surface area (Å²) in [5, 5.41) is 2.84. The molecule has 1 N–H and O–H groups in total. The van der Waals surface area contributed by atoms with E-state index in [1.807, 2.05) is 12.1 Å². The zero-order chi connectivity index (χ0) is 14.8. The number of amides is 1. The average Bonchev–Trinajstić information content (AvgIpc) is 2.64. The first kappa shape index (κ1) is 14.8. The van der Waals surface area contributed by atoms with Crippen LogP contribution in [0.3, 0.4) is 0 Å². The van der Waals surface area contributed by atoms with Gasteiger partial charge in [0.05, 0.1) is 30.6 Å². The summed E-state index contributed by atoms with van der Waals surface area (Å²) in [7, 11) is -1.43. The maximum Gasteiger partial charge on any atom is 0.224 e. The monoisotopic (exact) mass is 297 g/mol. The Morgan fingerprint density at radius 2 is 2.00 bits per heavy atom. The molecule has 20 heavy (non-hydrogen) atoms. The fourth-order valence-corrected chi connectivity index (χ4v) is 4.51. The summed E-state index contributed by atoms with van der Waals surface area (Å²) in [5.74, 6) is 0.749. The molecule has 1 aliphatic heterocycles. The lowest BCUT2D eigenvalue weighted by Gasteiger charge is -2.23. The van der Waals surface area contributed by atoms with E-state index >= 15 is 0 Å². The minimum atomic E-state index is -3.01. The molecule has 1 aromatic carbocycles. The molecule has 1 aliphatic rings. The molecule has 0 unspecified atom stereocenters. The number of hydrogen-bond donors (Lipinski definition) is 1. The average molecular weight is 297 g/mol. The summed E-state index contributed by atoms with van der Waals surface area (Å²) in [6.07, 6.45) is 0.712. The van der Waals surface area contributed by atoms with Crippen LogP contribution in [0.2, 0.25) is 0 Å². The summed E-state index contributed by atoms with van der Waals surface area (Å²) in [5.41, 5.74) is 0.232. The molecule has 1 atom stereocenters. The summed E-state index contributed by atoms with van der Waals surface area (Å²) >= 11 is 0. The third-order valence-corrected chi connectivity index (χ3v) is 5.37. The molecule has 6 heteroatoms. The normalized spacial score (nSPS) is 24.3. The molecule has 1 saturated heterocycles. The highest BCUT2D eigenvalue weighted by molar-refractivity contribution is 7.91. The SMILES string of the molecule is COc1ccc(CC(=O)N[C@]2(C)CCS(=O)(=O)C2)cc1. The van der Waals surface area contributed by atoms with Gasteiger partial charge in [-0.2, -0.15) is 0 Å². The van der Waals surface area contributed by atoms with Gasteiger partial charge < -0.3 is 10.1 Å². The predicted molar refractivity (Wildman–Crippen MR) is 76.5 cm³/mol. The van der Waals surface area contributed by atoms with Crippen molar-refractivity contribution >= 4 is 15.7 Å². The Balaban J connectivity index is 1.95. The van der Waals surface area contributed by atoms with Crippen LogP contribution in [-0.2, 0) is 21.1 Å². The zero-order valence-corrected chi connectivity index (χ0v) is 12.5. The van der Waals surface area contributed by atoms with Gasteiger partial charge in [-0.3, -0.25) is 4.79 Å². The number of rotatable bonds is 4. The van der Waals surface area contributed by atoms with Crippen molar-refractivity contribution in [1.29, 1.82) is 0 Å². The Morgan fingerprint density at radius 1 is 1.35 bits per heavy atom. The van der Waals surface area contributed by atoms with Crippen molar-refractivity contribution in [1.82, 2.24) is 5.32 Å². The van der Waals surface area contributed by atoms with Gasteiger partial charge in [-0.1, -0.05) is 12.1 Å². The van der Waals surface area contributed by atoms with Gasteiger partial charge in [-0.25, -0.2) is 8.42 Å². The number of benzene rings is 1. The van der Waals surface area contributed by atoms with Crippen LogP contribution in [0, 0.1) is 0 Å². The number of methoxy groups -OCH3 is 1. The molecule has 1 heterocycles. The second-order valence-corrected chi connectivity index (χ2v) is 7.66. The van der Waals surface area contributed by atoms with Crippen LogP contribution in [0.4, 0.5) is 0 Å². The molecule has 2 rings (SSSR count). The number of hydrogen-bond acceptors (Lipinski definition) is 4. The number of sulfone groups is 1. The topological polar surface area (TPSA) is 72.5 Å². The fourth-order valence-electron chi connectivity index (χ4n) is 2.42. The standard InChI is InChI=1S/C14H19NO4S/c1-14(7-8-20(17,18)10-14)15-13(16)9-11-3-5-12(19-2)6-4-11/h3-6H,7-10H2,1-2H3,(H,15,16)/t14-/m1/s1. The predicted octanol–water partition coefficient (Wildman–Crippen LogP) is 0.931. The highest BCUT2D eigenvalue weighted by Crippen LogP contribution is 2.23. The maximum atomic E-state index is 12.0. The van der Waals surface area contributed by atoms with E-state index in [0.717, 1.165) is 11.3 Å². The first-order valence-corrected chi connectivity index (χ1v) is 8.28. The van der Waals surface area contributed by atoms with Crippen LogP contribution in [0.1, 0.15) is 18.9 Å². The van der Waals surface area contributed by atoms with Gasteiger partial charge in [0.25, 0.3) is 0 Å². The lowest BCUT2D eigenvalue weighted by Crippen LogP contribution is -2.47. The Hall–Kier alpha value is -1.56. The molecule has 5 nitrogen and oxygen atoms in total. The van der Waals surface area contributed by atoms with Crippen LogP contribution < -0.4 is 10.1 Å². The summed E-state index contributed by atoms with van der Waals surface area (Å²) in [6.45, 7) is 1.78. The molecule has 0 aromatic heterocycles. The van der Waals surface area contributed by atoms with E-state index < -0.39 is 15.4 Å². The van der Waals surface area contributed by atoms with E-state index in [0.29, 0.717) is 6.42 Å². The van der Waals surface area contributed by atoms with Gasteiger partial charge in [-0.05, 0) is 31.0 Å². The van der Waals surface area contributed by atoms with E-state index in [-0.39, 0.29) is 23.8 Å². The van der Waals surface area contributed by atoms with E-state index in [1.165, 1.54) is 0 Å². The molecule has 1 amide bonds. The van der Waals surface area contributed by atoms with Crippen molar-refractivity contribution in [2.75, 3.05) is 18.6 Å². The van der Waals surface area contributed by atoms with Crippen molar-refractivity contribution in [3.8, 4) is 5.75 Å². The first-order valence-electron chi connectivity index (χ1n) is 6.46. The Bertz CT molecular complexity index is 594. The number of carbonyl (C=O) groups excluding carboxylic acids is 1. The Kier molecular flexibility index (Phi) is 4.04. The largest absolute Gasteiger partial charge is 0.497 e. The lowest BCUT2D eigenvalue weighted by atomic mass is 10.0. The number of nitrogens with one attached hydrogen (secondary N) is 1. The summed E-state index contributed by atoms with van der Waals surface area (Å²) < 4.78 is 28.0. The third-order valence-electron chi connectivity index (χ3n) is 3.47. The third kappa shape index (κ3) is 3.72. The van der Waals surface area contributed by atoms with Crippen molar-refractivity contribution in [3.63, 3.8) is 0 Å². The minimum Gasteiger partial charge on any atom is -0.497 e. The van der Waals surface area contributed by atoms with Gasteiger partial charge in [0.1, 0.15) is 5.75 Å². The van der Waals surface area contributed by atoms with Crippen LogP contribution in [0.25, 0.3) is 0 Å². The van der Waals surface area contributed by atoms with E-state index in [2.05, 4.69) is 5.32 Å². The second kappa shape index (κ2) is 5.44. The molecule has 0 spiro atoms. The van der Waals surface area contributed by atoms with Gasteiger partial charge in [0, 0.05) is 0 Å². The van der Waals surface area contributed by atoms with E-state index in [4.69, 9.17) is 4.74 Å². The summed E-state index contributed by atoms with van der Waals surface area (Å²) in [6, 6.07) is 7.24. The van der Waals surface area contributed by atoms with E-state index in [9.17, 15) is 13.2 Å². The molecule has 110 valence electrons. The highest BCUT2D eigenvalue weighted by Gasteiger charge is 2.39. The zero-order valence-electron chi connectivity index (χ0n) is 11.7. The maximum absolute atomic E-state index is 12.0. The van der Waals surface area contributed by atoms with E-state index in [1.54, 1.807) is 26.2 Å². The van der Waals surface area contributed by atoms with Crippen LogP contribution in [-0.4, -0.2) is 38.5 Å². The fraction of sp³-hybridized carbons (Fsp3) is 0.500. The molecule has 0 saturated carbocycles. The van der Waals surface area contributed by atoms with Gasteiger partial charge in [0.2, 0.25) is 5.91 Å². The molecule has 1 aromatic rings. The highest BCUT2D eigenvalue weighted by atomic mass is 32.2. The number of ether oxygens (including phenoxy) is 1. The van der Waals surface area contributed by atoms with Gasteiger partial charge in [-0.15, -0.1) is 0 Å². The quantitative estimate of drug-likeness (QED) is 0.897. The second-order valence-electron chi connectivity index (χ2n) is 5.48. The van der Waals surface area contributed by atoms with Crippen molar-refractivity contribution in [3.05, 3.63) is 29.8 Å². The Labute approximate surface area is 119 Å². The molecule has 0 radical (unpaired) electrons. The van der Waals surface area contributed by atoms with Crippen LogP contribution in [0.15, 0.2) is 24.3 Å². The molecular formula is C14H19NO4S. The van der Waals surface area contributed by atoms with Gasteiger partial charge >= 0.3 is 0 Å². The molecular weight excluding hydrogens is 278 g/mol. The van der Waals surface area contributed by atoms with Gasteiger partial charge in [0.15, 0.2) is 9.84 Å². The molecule has 0 bridgehead atoms. The Morgan fingerprint density at radius 3 is 2.50 bits per heavy atom. The smallest absolute Gasteiger partial charge is 0.224 e. The summed E-state index contributed by atoms with van der Waals surface area (Å²) in [4.78, 5) is 12.0. The van der Waals surface area contributed by atoms with Crippen LogP contribution >= 0.6 is 0 Å². The van der Waals surface area contributed by atoms with Crippen molar-refractivity contribution in [2.45, 2.75) is 25.3 Å². The molecule has 1 fully saturated rings. The van der Waals surface area contributed by atoms with Crippen molar-refractivity contribution < 1.29 is 17.9 Å². The minimum absolute atomic E-state index is 0.0222. The van der Waals surface area contributed by atoms with Crippen LogP contribution in [0.5, 0.6) is 5.75 Å².